The molecule has 108 valence electrons. The Hall–Kier alpha value is -2.10. The van der Waals surface area contributed by atoms with Crippen LogP contribution in [0.15, 0.2) is 48.5 Å². The molecule has 3 aromatic rings. The van der Waals surface area contributed by atoms with Gasteiger partial charge in [-0.25, -0.2) is 0 Å². The molecular formula is C18H12ClNOS. The van der Waals surface area contributed by atoms with Gasteiger partial charge in [0.1, 0.15) is 0 Å². The first kappa shape index (κ1) is 13.6. The zero-order valence-electron chi connectivity index (χ0n) is 11.6. The summed E-state index contributed by atoms with van der Waals surface area (Å²) in [6.45, 7) is 0. The van der Waals surface area contributed by atoms with Gasteiger partial charge in [-0.2, -0.15) is 0 Å². The molecule has 4 rings (SSSR count). The minimum Gasteiger partial charge on any atom is -0.390 e. The van der Waals surface area contributed by atoms with Crippen molar-refractivity contribution in [1.29, 1.82) is 0 Å². The van der Waals surface area contributed by atoms with Crippen LogP contribution < -0.4 is 5.73 Å². The zero-order valence-corrected chi connectivity index (χ0v) is 13.2. The van der Waals surface area contributed by atoms with Crippen LogP contribution in [0, 0.1) is 0 Å². The van der Waals surface area contributed by atoms with Gasteiger partial charge in [0.2, 0.25) is 0 Å². The van der Waals surface area contributed by atoms with Gasteiger partial charge < -0.3 is 5.73 Å². The molecule has 1 heterocycles. The Morgan fingerprint density at radius 2 is 1.82 bits per heavy atom. The zero-order chi connectivity index (χ0) is 15.3. The van der Waals surface area contributed by atoms with E-state index in [9.17, 15) is 4.79 Å². The van der Waals surface area contributed by atoms with E-state index in [0.29, 0.717) is 21.2 Å². The van der Waals surface area contributed by atoms with E-state index >= 15 is 0 Å². The molecule has 0 saturated carbocycles. The van der Waals surface area contributed by atoms with Crippen molar-refractivity contribution < 1.29 is 4.79 Å². The minimum atomic E-state index is -0.0385. The molecular weight excluding hydrogens is 314 g/mol. The summed E-state index contributed by atoms with van der Waals surface area (Å²) in [5.41, 5.74) is 10.8. The summed E-state index contributed by atoms with van der Waals surface area (Å²) in [7, 11) is 0. The Morgan fingerprint density at radius 1 is 1.09 bits per heavy atom. The highest BCUT2D eigenvalue weighted by Gasteiger charge is 2.29. The number of benzene rings is 2. The molecule has 0 atom stereocenters. The van der Waals surface area contributed by atoms with Gasteiger partial charge in [0.25, 0.3) is 0 Å². The lowest BCUT2D eigenvalue weighted by molar-refractivity contribution is 0.104. The van der Waals surface area contributed by atoms with Crippen molar-refractivity contribution in [3.05, 3.63) is 75.1 Å². The van der Waals surface area contributed by atoms with Gasteiger partial charge in [0.15, 0.2) is 5.78 Å². The highest BCUT2D eigenvalue weighted by Crippen LogP contribution is 2.47. The van der Waals surface area contributed by atoms with E-state index < -0.39 is 0 Å². The van der Waals surface area contributed by atoms with Gasteiger partial charge in [-0.15, -0.1) is 11.3 Å². The van der Waals surface area contributed by atoms with Crippen LogP contribution in [0.4, 0.5) is 5.00 Å². The molecule has 0 fully saturated rings. The number of anilines is 1. The van der Waals surface area contributed by atoms with Crippen LogP contribution in [-0.4, -0.2) is 5.78 Å². The van der Waals surface area contributed by atoms with E-state index in [1.54, 1.807) is 24.3 Å². The number of hydrogen-bond acceptors (Lipinski definition) is 3. The number of rotatable bonds is 2. The standard InChI is InChI=1S/C18H12ClNOS/c19-12-7-5-10(6-8-12)17(21)16-15-13-4-2-1-3-11(13)9-14(15)22-18(16)20/h1-8H,9,20H2. The van der Waals surface area contributed by atoms with E-state index in [2.05, 4.69) is 12.1 Å². The first-order valence-electron chi connectivity index (χ1n) is 6.95. The Balaban J connectivity index is 1.88. The predicted octanol–water partition coefficient (Wildman–Crippen LogP) is 4.79. The normalized spacial score (nSPS) is 12.0. The molecule has 0 aliphatic heterocycles. The molecule has 0 saturated heterocycles. The van der Waals surface area contributed by atoms with Crippen molar-refractivity contribution in [2.75, 3.05) is 5.73 Å². The Bertz CT molecular complexity index is 896. The quantitative estimate of drug-likeness (QED) is 0.539. The molecule has 0 radical (unpaired) electrons. The second kappa shape index (κ2) is 4.97. The molecule has 0 unspecified atom stereocenters. The average Bonchev–Trinajstić information content (AvgIpc) is 3.01. The fourth-order valence-electron chi connectivity index (χ4n) is 2.97. The van der Waals surface area contributed by atoms with Gasteiger partial charge in [0, 0.05) is 27.4 Å². The number of nitrogens with two attached hydrogens (primary N) is 1. The summed E-state index contributed by atoms with van der Waals surface area (Å²) in [5.74, 6) is -0.0385. The molecule has 1 aromatic heterocycles. The van der Waals surface area contributed by atoms with Crippen molar-refractivity contribution in [2.45, 2.75) is 6.42 Å². The first-order valence-corrected chi connectivity index (χ1v) is 8.14. The lowest BCUT2D eigenvalue weighted by Crippen LogP contribution is -2.04. The molecule has 0 amide bonds. The molecule has 2 nitrogen and oxygen atoms in total. The maximum Gasteiger partial charge on any atom is 0.196 e. The predicted molar refractivity (Wildman–Crippen MR) is 91.9 cm³/mol. The first-order chi connectivity index (χ1) is 10.6. The molecule has 1 aliphatic rings. The summed E-state index contributed by atoms with van der Waals surface area (Å²) in [5, 5.41) is 1.21. The van der Waals surface area contributed by atoms with Crippen LogP contribution >= 0.6 is 22.9 Å². The lowest BCUT2D eigenvalue weighted by atomic mass is 9.97. The van der Waals surface area contributed by atoms with Crippen molar-refractivity contribution in [3.63, 3.8) is 0 Å². The fourth-order valence-corrected chi connectivity index (χ4v) is 4.20. The largest absolute Gasteiger partial charge is 0.390 e. The van der Waals surface area contributed by atoms with Crippen LogP contribution in [-0.2, 0) is 6.42 Å². The maximum atomic E-state index is 12.9. The Labute approximate surface area is 137 Å². The van der Waals surface area contributed by atoms with E-state index in [1.807, 2.05) is 12.1 Å². The average molecular weight is 326 g/mol. The SMILES string of the molecule is Nc1sc2c(c1C(=O)c1ccc(Cl)cc1)-c1ccccc1C2. The number of hydrogen-bond donors (Lipinski definition) is 1. The van der Waals surface area contributed by atoms with Crippen LogP contribution in [0.1, 0.15) is 26.4 Å². The molecule has 22 heavy (non-hydrogen) atoms. The molecule has 4 heteroatoms. The van der Waals surface area contributed by atoms with Crippen molar-refractivity contribution in [2.24, 2.45) is 0 Å². The number of fused-ring (bicyclic) bond motifs is 3. The number of halogens is 1. The van der Waals surface area contributed by atoms with Crippen molar-refractivity contribution in [1.82, 2.24) is 0 Å². The van der Waals surface area contributed by atoms with E-state index in [-0.39, 0.29) is 5.78 Å². The number of ketones is 1. The Kier molecular flexibility index (Phi) is 3.06. The van der Waals surface area contributed by atoms with Gasteiger partial charge in [-0.05, 0) is 35.4 Å². The number of nitrogen functional groups attached to an aromatic ring is 1. The molecule has 1 aliphatic carbocycles. The highest BCUT2D eigenvalue weighted by molar-refractivity contribution is 7.17. The number of carbonyl (C=O) groups excluding carboxylic acids is 1. The summed E-state index contributed by atoms with van der Waals surface area (Å²) in [6, 6.07) is 15.1. The molecule has 0 spiro atoms. The number of thiophene rings is 1. The van der Waals surface area contributed by atoms with Crippen LogP contribution in [0.5, 0.6) is 0 Å². The van der Waals surface area contributed by atoms with Crippen LogP contribution in [0.2, 0.25) is 5.02 Å². The molecule has 0 bridgehead atoms. The second-order valence-corrected chi connectivity index (χ2v) is 6.88. The third-order valence-electron chi connectivity index (χ3n) is 3.98. The summed E-state index contributed by atoms with van der Waals surface area (Å²) in [6.07, 6.45) is 0.855. The van der Waals surface area contributed by atoms with E-state index in [4.69, 9.17) is 17.3 Å². The summed E-state index contributed by atoms with van der Waals surface area (Å²) >= 11 is 7.42. The van der Waals surface area contributed by atoms with Gasteiger partial charge in [-0.1, -0.05) is 35.9 Å². The van der Waals surface area contributed by atoms with E-state index in [1.165, 1.54) is 21.8 Å². The van der Waals surface area contributed by atoms with Crippen LogP contribution in [0.25, 0.3) is 11.1 Å². The Morgan fingerprint density at radius 3 is 2.59 bits per heavy atom. The van der Waals surface area contributed by atoms with Crippen molar-refractivity contribution in [3.8, 4) is 11.1 Å². The van der Waals surface area contributed by atoms with Gasteiger partial charge in [0.05, 0.1) is 10.6 Å². The topological polar surface area (TPSA) is 43.1 Å². The highest BCUT2D eigenvalue weighted by atomic mass is 35.5. The molecule has 2 N–H and O–H groups in total. The maximum absolute atomic E-state index is 12.9. The fraction of sp³-hybridized carbons (Fsp3) is 0.0556. The van der Waals surface area contributed by atoms with Gasteiger partial charge >= 0.3 is 0 Å². The third kappa shape index (κ3) is 1.97. The molecule has 2 aromatic carbocycles. The summed E-state index contributed by atoms with van der Waals surface area (Å²) in [4.78, 5) is 14.1. The van der Waals surface area contributed by atoms with Crippen molar-refractivity contribution >= 4 is 33.7 Å². The van der Waals surface area contributed by atoms with Crippen LogP contribution in [0.3, 0.4) is 0 Å². The van der Waals surface area contributed by atoms with Gasteiger partial charge in [-0.3, -0.25) is 4.79 Å². The summed E-state index contributed by atoms with van der Waals surface area (Å²) < 4.78 is 0. The monoisotopic (exact) mass is 325 g/mol. The lowest BCUT2D eigenvalue weighted by Gasteiger charge is -2.06. The van der Waals surface area contributed by atoms with E-state index in [0.717, 1.165) is 17.5 Å². The third-order valence-corrected chi connectivity index (χ3v) is 5.25. The second-order valence-electron chi connectivity index (χ2n) is 5.31. The number of carbonyl (C=O) groups is 1. The smallest absolute Gasteiger partial charge is 0.196 e. The minimum absolute atomic E-state index is 0.0385.